The van der Waals surface area contributed by atoms with Crippen molar-refractivity contribution < 1.29 is 9.46 Å². The van der Waals surface area contributed by atoms with E-state index in [1.165, 1.54) is 25.7 Å². The van der Waals surface area contributed by atoms with E-state index in [2.05, 4.69) is 24.5 Å². The summed E-state index contributed by atoms with van der Waals surface area (Å²) in [5.74, 6) is 0. The van der Waals surface area contributed by atoms with Gasteiger partial charge in [0.15, 0.2) is 0 Å². The van der Waals surface area contributed by atoms with E-state index in [0.717, 1.165) is 25.9 Å². The number of hydrogen-bond donors (Lipinski definition) is 3. The van der Waals surface area contributed by atoms with Crippen molar-refractivity contribution >= 4 is 19.8 Å². The second kappa shape index (κ2) is 13.8. The van der Waals surface area contributed by atoms with Crippen LogP contribution in [0, 0.1) is 0 Å². The van der Waals surface area contributed by atoms with Gasteiger partial charge in [-0.3, -0.25) is 4.57 Å². The number of nitrogens with one attached hydrogen (secondary N) is 2. The molecule has 0 atom stereocenters. The molecule has 0 aliphatic rings. The Balaban J connectivity index is 0. The maximum Gasteiger partial charge on any atom is 0.227 e. The molecule has 0 aliphatic heterocycles. The molecule has 6 heteroatoms. The minimum absolute atomic E-state index is 0. The van der Waals surface area contributed by atoms with Crippen LogP contribution in [0.3, 0.4) is 0 Å². The highest BCUT2D eigenvalue weighted by Gasteiger charge is 2.16. The molecule has 0 aromatic heterocycles. The van der Waals surface area contributed by atoms with Crippen LogP contribution < -0.4 is 10.6 Å². The van der Waals surface area contributed by atoms with Crippen LogP contribution in [0.1, 0.15) is 52.4 Å². The third-order valence-corrected chi connectivity index (χ3v) is 4.07. The van der Waals surface area contributed by atoms with Crippen LogP contribution in [0.2, 0.25) is 0 Å². The van der Waals surface area contributed by atoms with Gasteiger partial charge in [-0.05, 0) is 25.9 Å². The van der Waals surface area contributed by atoms with Gasteiger partial charge in [-0.15, -0.1) is 12.4 Å². The Morgan fingerprint density at radius 3 is 1.61 bits per heavy atom. The van der Waals surface area contributed by atoms with E-state index in [1.807, 2.05) is 0 Å². The van der Waals surface area contributed by atoms with Crippen molar-refractivity contribution in [2.45, 2.75) is 52.4 Å². The maximum atomic E-state index is 11.7. The third kappa shape index (κ3) is 14.5. The molecule has 0 bridgehead atoms. The first-order chi connectivity index (χ1) is 8.12. The molecule has 0 aliphatic carbocycles. The first kappa shape index (κ1) is 20.7. The molecular formula is C12H30ClN2O2P. The van der Waals surface area contributed by atoms with Crippen LogP contribution in [-0.2, 0) is 4.57 Å². The fourth-order valence-electron chi connectivity index (χ4n) is 1.56. The summed E-state index contributed by atoms with van der Waals surface area (Å²) in [7, 11) is -3.01. The van der Waals surface area contributed by atoms with E-state index in [4.69, 9.17) is 0 Å². The number of hydrogen-bond acceptors (Lipinski definition) is 3. The Bertz CT molecular complexity index is 200. The van der Waals surface area contributed by atoms with Crippen LogP contribution in [-0.4, -0.2) is 30.6 Å². The second-order valence-electron chi connectivity index (χ2n) is 4.58. The molecular weight excluding hydrogens is 271 g/mol. The van der Waals surface area contributed by atoms with Gasteiger partial charge in [-0.2, -0.15) is 0 Å². The Hall–Kier alpha value is 0.400. The zero-order chi connectivity index (χ0) is 13.0. The molecule has 0 aromatic rings. The average molecular weight is 301 g/mol. The third-order valence-electron chi connectivity index (χ3n) is 2.63. The zero-order valence-electron chi connectivity index (χ0n) is 11.8. The Morgan fingerprint density at radius 2 is 1.28 bits per heavy atom. The monoisotopic (exact) mass is 300 g/mol. The van der Waals surface area contributed by atoms with E-state index in [-0.39, 0.29) is 25.0 Å². The highest BCUT2D eigenvalue weighted by Crippen LogP contribution is 2.36. The summed E-state index contributed by atoms with van der Waals surface area (Å²) in [6, 6.07) is 0. The molecule has 4 nitrogen and oxygen atoms in total. The minimum Gasteiger partial charge on any atom is -0.343 e. The van der Waals surface area contributed by atoms with Gasteiger partial charge >= 0.3 is 0 Å². The van der Waals surface area contributed by atoms with Crippen molar-refractivity contribution in [1.82, 2.24) is 10.6 Å². The standard InChI is InChI=1S/C12H29N2O2P.ClH/c1-3-5-7-9-13-11-17(15,16)12-14-10-8-6-4-2;/h13-14H,3-12H2,1-2H3,(H,15,16);1H. The summed E-state index contributed by atoms with van der Waals surface area (Å²) in [5.41, 5.74) is 0. The fraction of sp³-hybridized carbons (Fsp3) is 1.00. The summed E-state index contributed by atoms with van der Waals surface area (Å²) in [6.07, 6.45) is 7.35. The lowest BCUT2D eigenvalue weighted by Crippen LogP contribution is -2.23. The molecule has 0 spiro atoms. The van der Waals surface area contributed by atoms with Crippen LogP contribution >= 0.6 is 19.8 Å². The predicted octanol–water partition coefficient (Wildman–Crippen LogP) is 3.15. The van der Waals surface area contributed by atoms with Gasteiger partial charge < -0.3 is 15.5 Å². The van der Waals surface area contributed by atoms with Gasteiger partial charge in [0.2, 0.25) is 7.37 Å². The van der Waals surface area contributed by atoms with Gasteiger partial charge in [0.05, 0.1) is 12.6 Å². The molecule has 0 unspecified atom stereocenters. The molecule has 0 saturated heterocycles. The Kier molecular flexibility index (Phi) is 15.9. The zero-order valence-corrected chi connectivity index (χ0v) is 13.5. The van der Waals surface area contributed by atoms with Gasteiger partial charge in [-0.25, -0.2) is 0 Å². The SMILES string of the molecule is CCCCCNCP(=O)(O)CNCCCCC.Cl. The molecule has 0 saturated carbocycles. The van der Waals surface area contributed by atoms with Crippen molar-refractivity contribution in [2.24, 2.45) is 0 Å². The molecule has 0 aromatic carbocycles. The number of halogens is 1. The second-order valence-corrected chi connectivity index (χ2v) is 6.90. The summed E-state index contributed by atoms with van der Waals surface area (Å²) >= 11 is 0. The van der Waals surface area contributed by atoms with E-state index in [9.17, 15) is 9.46 Å². The number of rotatable bonds is 12. The van der Waals surface area contributed by atoms with Crippen molar-refractivity contribution in [3.8, 4) is 0 Å². The molecule has 0 heterocycles. The summed E-state index contributed by atoms with van der Waals surface area (Å²) < 4.78 is 11.7. The largest absolute Gasteiger partial charge is 0.343 e. The van der Waals surface area contributed by atoms with Crippen molar-refractivity contribution in [3.05, 3.63) is 0 Å². The first-order valence-corrected chi connectivity index (χ1v) is 8.87. The highest BCUT2D eigenvalue weighted by molar-refractivity contribution is 7.57. The summed E-state index contributed by atoms with van der Waals surface area (Å²) in [4.78, 5) is 9.66. The van der Waals surface area contributed by atoms with Crippen LogP contribution in [0.4, 0.5) is 0 Å². The smallest absolute Gasteiger partial charge is 0.227 e. The molecule has 0 amide bonds. The van der Waals surface area contributed by atoms with E-state index < -0.39 is 7.37 Å². The molecule has 3 N–H and O–H groups in total. The van der Waals surface area contributed by atoms with Crippen LogP contribution in [0.15, 0.2) is 0 Å². The lowest BCUT2D eigenvalue weighted by Gasteiger charge is -2.13. The molecule has 0 radical (unpaired) electrons. The van der Waals surface area contributed by atoms with Gasteiger partial charge in [0, 0.05) is 0 Å². The lowest BCUT2D eigenvalue weighted by atomic mass is 10.2. The maximum absolute atomic E-state index is 11.7. The fourth-order valence-corrected chi connectivity index (χ4v) is 2.69. The number of unbranched alkanes of at least 4 members (excludes halogenated alkanes) is 4. The normalized spacial score (nSPS) is 11.3. The van der Waals surface area contributed by atoms with E-state index in [1.54, 1.807) is 0 Å². The predicted molar refractivity (Wildman–Crippen MR) is 81.9 cm³/mol. The Labute approximate surface area is 118 Å². The van der Waals surface area contributed by atoms with Crippen LogP contribution in [0.25, 0.3) is 0 Å². The topological polar surface area (TPSA) is 61.4 Å². The van der Waals surface area contributed by atoms with Gasteiger partial charge in [0.1, 0.15) is 0 Å². The molecule has 112 valence electrons. The lowest BCUT2D eigenvalue weighted by molar-refractivity contribution is 0.463. The van der Waals surface area contributed by atoms with Crippen molar-refractivity contribution in [2.75, 3.05) is 25.7 Å². The Morgan fingerprint density at radius 1 is 0.889 bits per heavy atom. The first-order valence-electron chi connectivity index (χ1n) is 6.84. The van der Waals surface area contributed by atoms with E-state index >= 15 is 0 Å². The minimum atomic E-state index is -3.01. The highest BCUT2D eigenvalue weighted by atomic mass is 35.5. The summed E-state index contributed by atoms with van der Waals surface area (Å²) in [5, 5.41) is 6.12. The van der Waals surface area contributed by atoms with E-state index in [0.29, 0.717) is 0 Å². The van der Waals surface area contributed by atoms with Crippen molar-refractivity contribution in [3.63, 3.8) is 0 Å². The van der Waals surface area contributed by atoms with Crippen LogP contribution in [0.5, 0.6) is 0 Å². The summed E-state index contributed by atoms with van der Waals surface area (Å²) in [6.45, 7) is 5.98. The van der Waals surface area contributed by atoms with Gasteiger partial charge in [-0.1, -0.05) is 39.5 Å². The molecule has 0 rings (SSSR count). The molecule has 0 fully saturated rings. The van der Waals surface area contributed by atoms with Gasteiger partial charge in [0.25, 0.3) is 0 Å². The van der Waals surface area contributed by atoms with Crippen molar-refractivity contribution in [1.29, 1.82) is 0 Å². The molecule has 18 heavy (non-hydrogen) atoms. The average Bonchev–Trinajstić information content (AvgIpc) is 2.28. The quantitative estimate of drug-likeness (QED) is 0.383.